The average molecular weight is 426 g/mol. The third-order valence-electron chi connectivity index (χ3n) is 4.09. The van der Waals surface area contributed by atoms with Crippen molar-refractivity contribution in [2.45, 2.75) is 39.8 Å². The van der Waals surface area contributed by atoms with Crippen LogP contribution in [0, 0.1) is 5.41 Å². The van der Waals surface area contributed by atoms with Gasteiger partial charge in [-0.2, -0.15) is 13.2 Å². The lowest BCUT2D eigenvalue weighted by Crippen LogP contribution is -2.30. The van der Waals surface area contributed by atoms with Crippen LogP contribution in [0.3, 0.4) is 0 Å². The van der Waals surface area contributed by atoms with Gasteiger partial charge in [0.1, 0.15) is 11.4 Å². The van der Waals surface area contributed by atoms with Crippen molar-refractivity contribution in [3.8, 4) is 5.75 Å². The van der Waals surface area contributed by atoms with Crippen LogP contribution < -0.4 is 5.32 Å². The third-order valence-corrected chi connectivity index (χ3v) is 4.09. The van der Waals surface area contributed by atoms with Gasteiger partial charge in [-0.05, 0) is 42.8 Å². The van der Waals surface area contributed by atoms with Gasteiger partial charge < -0.3 is 15.2 Å². The predicted molar refractivity (Wildman–Crippen MR) is 106 cm³/mol. The monoisotopic (exact) mass is 426 g/mol. The fourth-order valence-corrected chi connectivity index (χ4v) is 2.42. The van der Waals surface area contributed by atoms with Crippen LogP contribution in [0.5, 0.6) is 5.75 Å². The molecule has 30 heavy (non-hydrogen) atoms. The number of alkyl halides is 3. The number of halogens is 3. The van der Waals surface area contributed by atoms with Gasteiger partial charge in [0.15, 0.2) is 0 Å². The van der Waals surface area contributed by atoms with Gasteiger partial charge >= 0.3 is 12.1 Å². The molecular formula is C21H25F3N2O4. The topological polar surface area (TPSA) is 88.5 Å². The van der Waals surface area contributed by atoms with Gasteiger partial charge in [-0.25, -0.2) is 4.79 Å². The first kappa shape index (κ1) is 24.9. The number of methoxy groups -OCH3 is 1. The molecule has 0 aliphatic heterocycles. The molecule has 0 radical (unpaired) electrons. The first-order valence-electron chi connectivity index (χ1n) is 9.12. The van der Waals surface area contributed by atoms with Crippen molar-refractivity contribution in [2.75, 3.05) is 12.4 Å². The molecule has 0 aliphatic rings. The number of amides is 1. The summed E-state index contributed by atoms with van der Waals surface area (Å²) >= 11 is 0. The van der Waals surface area contributed by atoms with Crippen molar-refractivity contribution in [1.82, 2.24) is 4.98 Å². The number of phenols is 1. The molecule has 2 aromatic rings. The maximum Gasteiger partial charge on any atom is 0.433 e. The predicted octanol–water partition coefficient (Wildman–Crippen LogP) is 5.04. The minimum absolute atomic E-state index is 0.108. The molecule has 1 amide bonds. The highest BCUT2D eigenvalue weighted by Gasteiger charge is 2.33. The number of phenolic OH excluding ortho intramolecular Hbond substituents is 1. The Morgan fingerprint density at radius 2 is 1.73 bits per heavy atom. The highest BCUT2D eigenvalue weighted by atomic mass is 19.4. The Hall–Kier alpha value is -3.10. The van der Waals surface area contributed by atoms with Gasteiger partial charge in [0.25, 0.3) is 0 Å². The van der Waals surface area contributed by atoms with E-state index in [9.17, 15) is 22.8 Å². The van der Waals surface area contributed by atoms with Crippen molar-refractivity contribution in [3.05, 3.63) is 53.9 Å². The van der Waals surface area contributed by atoms with Gasteiger partial charge in [-0.1, -0.05) is 27.2 Å². The molecular weight excluding hydrogens is 401 g/mol. The van der Waals surface area contributed by atoms with Crippen LogP contribution in [0.4, 0.5) is 18.9 Å². The number of ether oxygens (including phenoxy) is 1. The molecule has 0 bridgehead atoms. The van der Waals surface area contributed by atoms with E-state index in [1.165, 1.54) is 37.4 Å². The summed E-state index contributed by atoms with van der Waals surface area (Å²) in [6.45, 7) is 5.47. The van der Waals surface area contributed by atoms with Gasteiger partial charge in [0.05, 0.1) is 12.7 Å². The second kappa shape index (κ2) is 10.6. The Bertz CT molecular complexity index is 850. The van der Waals surface area contributed by atoms with Crippen molar-refractivity contribution < 1.29 is 32.6 Å². The number of nitrogens with one attached hydrogen (secondary N) is 1. The molecule has 0 atom stereocenters. The second-order valence-electron chi connectivity index (χ2n) is 7.05. The normalized spacial score (nSPS) is 11.2. The fourth-order valence-electron chi connectivity index (χ4n) is 2.42. The molecule has 0 saturated carbocycles. The van der Waals surface area contributed by atoms with Crippen molar-refractivity contribution in [2.24, 2.45) is 5.41 Å². The Morgan fingerprint density at radius 1 is 1.13 bits per heavy atom. The third kappa shape index (κ3) is 7.73. The lowest BCUT2D eigenvalue weighted by atomic mass is 9.87. The smallest absolute Gasteiger partial charge is 0.433 e. The minimum atomic E-state index is -4.51. The number of esters is 1. The zero-order chi connectivity index (χ0) is 22.9. The zero-order valence-corrected chi connectivity index (χ0v) is 17.2. The first-order chi connectivity index (χ1) is 13.9. The number of hydrogen-bond donors (Lipinski definition) is 2. The van der Waals surface area contributed by atoms with E-state index in [0.29, 0.717) is 12.0 Å². The largest absolute Gasteiger partial charge is 0.508 e. The van der Waals surface area contributed by atoms with Gasteiger partial charge in [0.2, 0.25) is 5.91 Å². The molecule has 1 aromatic carbocycles. The maximum absolute atomic E-state index is 12.5. The molecule has 1 heterocycles. The molecule has 2 rings (SSSR count). The average Bonchev–Trinajstić information content (AvgIpc) is 2.68. The van der Waals surface area contributed by atoms with Gasteiger partial charge in [0, 0.05) is 17.3 Å². The van der Waals surface area contributed by atoms with Crippen LogP contribution in [0.2, 0.25) is 0 Å². The van der Waals surface area contributed by atoms with E-state index in [4.69, 9.17) is 5.11 Å². The summed E-state index contributed by atoms with van der Waals surface area (Å²) in [6, 6.07) is 8.05. The molecule has 0 saturated heterocycles. The van der Waals surface area contributed by atoms with Crippen molar-refractivity contribution in [3.63, 3.8) is 0 Å². The lowest BCUT2D eigenvalue weighted by molar-refractivity contribution is -0.141. The number of pyridine rings is 1. The molecule has 0 unspecified atom stereocenters. The number of aromatic hydroxyl groups is 1. The van der Waals surface area contributed by atoms with Crippen LogP contribution >= 0.6 is 0 Å². The van der Waals surface area contributed by atoms with E-state index in [1.54, 1.807) is 13.8 Å². The summed E-state index contributed by atoms with van der Waals surface area (Å²) in [6.07, 6.45) is -1.99. The number of nitrogens with zero attached hydrogens (tertiary/aromatic N) is 1. The van der Waals surface area contributed by atoms with E-state index in [1.807, 2.05) is 6.92 Å². The second-order valence-corrected chi connectivity index (χ2v) is 7.05. The first-order valence-corrected chi connectivity index (χ1v) is 9.12. The molecule has 0 spiro atoms. The Morgan fingerprint density at radius 3 is 2.23 bits per heavy atom. The van der Waals surface area contributed by atoms with Crippen LogP contribution in [-0.4, -0.2) is 29.1 Å². The minimum Gasteiger partial charge on any atom is -0.508 e. The molecule has 0 fully saturated rings. The Balaban J connectivity index is 0.000000346. The maximum atomic E-state index is 12.5. The summed E-state index contributed by atoms with van der Waals surface area (Å²) in [5, 5.41) is 11.4. The lowest BCUT2D eigenvalue weighted by Gasteiger charge is -2.23. The van der Waals surface area contributed by atoms with Gasteiger partial charge in [-0.15, -0.1) is 0 Å². The number of rotatable bonds is 5. The van der Waals surface area contributed by atoms with E-state index in [0.717, 1.165) is 18.7 Å². The number of benzene rings is 1. The number of aromatic nitrogens is 1. The molecule has 9 heteroatoms. The van der Waals surface area contributed by atoms with Crippen LogP contribution in [0.25, 0.3) is 0 Å². The van der Waals surface area contributed by atoms with Gasteiger partial charge in [-0.3, -0.25) is 9.78 Å². The highest BCUT2D eigenvalue weighted by molar-refractivity contribution is 5.94. The quantitative estimate of drug-likeness (QED) is 0.654. The van der Waals surface area contributed by atoms with Crippen LogP contribution in [0.1, 0.15) is 49.7 Å². The SMILES string of the molecule is CCCC(C)(C)C(=O)Nc1ccnc(C(F)(F)F)c1.COC(=O)c1ccc(O)cc1. The van der Waals surface area contributed by atoms with Crippen LogP contribution in [0.15, 0.2) is 42.6 Å². The number of anilines is 1. The van der Waals surface area contributed by atoms with Crippen molar-refractivity contribution >= 4 is 17.6 Å². The number of carbonyl (C=O) groups excluding carboxylic acids is 2. The van der Waals surface area contributed by atoms with Crippen molar-refractivity contribution in [1.29, 1.82) is 0 Å². The van der Waals surface area contributed by atoms with E-state index < -0.39 is 23.3 Å². The summed E-state index contributed by atoms with van der Waals surface area (Å²) in [7, 11) is 1.31. The van der Waals surface area contributed by atoms with E-state index in [-0.39, 0.29) is 17.3 Å². The Kier molecular flexibility index (Phi) is 8.82. The number of carbonyl (C=O) groups is 2. The Labute approximate surface area is 173 Å². The zero-order valence-electron chi connectivity index (χ0n) is 17.2. The fraction of sp³-hybridized carbons (Fsp3) is 0.381. The van der Waals surface area contributed by atoms with Crippen LogP contribution in [-0.2, 0) is 15.7 Å². The number of hydrogen-bond acceptors (Lipinski definition) is 5. The standard InChI is InChI=1S/C13H17F3N2O.C8H8O3/c1-4-6-12(2,3)11(19)18-9-5-7-17-10(8-9)13(14,15)16;1-11-8(10)6-2-4-7(9)5-3-6/h5,7-8H,4,6H2,1-3H3,(H,17,18,19);2-5,9H,1H3. The molecule has 1 aromatic heterocycles. The summed E-state index contributed by atoms with van der Waals surface area (Å²) in [5.41, 5.74) is -1.09. The summed E-state index contributed by atoms with van der Waals surface area (Å²) < 4.78 is 41.9. The molecule has 2 N–H and O–H groups in total. The van der Waals surface area contributed by atoms with E-state index >= 15 is 0 Å². The summed E-state index contributed by atoms with van der Waals surface area (Å²) in [5.74, 6) is -0.559. The highest BCUT2D eigenvalue weighted by Crippen LogP contribution is 2.30. The molecule has 6 nitrogen and oxygen atoms in total. The van der Waals surface area contributed by atoms with E-state index in [2.05, 4.69) is 15.0 Å². The summed E-state index contributed by atoms with van der Waals surface area (Å²) in [4.78, 5) is 26.0. The molecule has 164 valence electrons. The molecule has 0 aliphatic carbocycles.